The molecule has 0 atom stereocenters. The van der Waals surface area contributed by atoms with E-state index < -0.39 is 5.97 Å². The van der Waals surface area contributed by atoms with Gasteiger partial charge in [-0.15, -0.1) is 0 Å². The van der Waals surface area contributed by atoms with Crippen molar-refractivity contribution in [2.24, 2.45) is 0 Å². The number of carbonyl (C=O) groups is 1. The highest BCUT2D eigenvalue weighted by Gasteiger charge is 2.08. The summed E-state index contributed by atoms with van der Waals surface area (Å²) in [4.78, 5) is 11.0. The Labute approximate surface area is 185 Å². The van der Waals surface area contributed by atoms with Crippen molar-refractivity contribution in [3.8, 4) is 28.9 Å². The van der Waals surface area contributed by atoms with E-state index in [-0.39, 0.29) is 13.0 Å². The summed E-state index contributed by atoms with van der Waals surface area (Å²) >= 11 is 11.9. The van der Waals surface area contributed by atoms with E-state index in [0.29, 0.717) is 21.4 Å². The molecule has 0 aliphatic heterocycles. The van der Waals surface area contributed by atoms with Crippen LogP contribution in [0.4, 0.5) is 0 Å². The van der Waals surface area contributed by atoms with E-state index in [9.17, 15) is 4.79 Å². The summed E-state index contributed by atoms with van der Waals surface area (Å²) in [5, 5.41) is 9.92. The molecule has 3 rings (SSSR count). The number of aliphatic carboxylic acids is 1. The average Bonchev–Trinajstić information content (AvgIpc) is 2.73. The number of rotatable bonds is 6. The first-order valence-corrected chi connectivity index (χ1v) is 9.77. The first kappa shape index (κ1) is 21.6. The number of carboxylic acids is 1. The van der Waals surface area contributed by atoms with E-state index in [1.165, 1.54) is 0 Å². The van der Waals surface area contributed by atoms with Crippen LogP contribution >= 0.6 is 23.2 Å². The lowest BCUT2D eigenvalue weighted by molar-refractivity contribution is -0.136. The summed E-state index contributed by atoms with van der Waals surface area (Å²) in [6, 6.07) is 18.3. The lowest BCUT2D eigenvalue weighted by atomic mass is 10.00. The Balaban J connectivity index is 1.78. The van der Waals surface area contributed by atoms with Gasteiger partial charge in [0.2, 0.25) is 0 Å². The maximum absolute atomic E-state index is 11.0. The number of methoxy groups -OCH3 is 1. The van der Waals surface area contributed by atoms with E-state index in [4.69, 9.17) is 37.8 Å². The van der Waals surface area contributed by atoms with Gasteiger partial charge in [-0.05, 0) is 52.9 Å². The van der Waals surface area contributed by atoms with Crippen LogP contribution in [0.2, 0.25) is 10.0 Å². The second-order valence-corrected chi connectivity index (χ2v) is 7.26. The Hall–Kier alpha value is -3.13. The molecule has 0 amide bonds. The number of hydrogen-bond donors (Lipinski definition) is 1. The SMILES string of the molecule is COc1ccc(-c2cccc(CC(=O)O)c2)cc1COC#Cc1ccc(Cl)c(Cl)c1. The monoisotopic (exact) mass is 440 g/mol. The third kappa shape index (κ3) is 5.70. The number of halogens is 2. The van der Waals surface area contributed by atoms with E-state index in [2.05, 4.69) is 12.0 Å². The maximum Gasteiger partial charge on any atom is 0.307 e. The Morgan fingerprint density at radius 3 is 2.53 bits per heavy atom. The van der Waals surface area contributed by atoms with Crippen molar-refractivity contribution in [1.29, 1.82) is 0 Å². The molecular weight excluding hydrogens is 423 g/mol. The molecule has 0 saturated heterocycles. The predicted molar refractivity (Wildman–Crippen MR) is 118 cm³/mol. The minimum absolute atomic E-state index is 0.0235. The third-order valence-electron chi connectivity index (χ3n) is 4.31. The molecule has 152 valence electrons. The van der Waals surface area contributed by atoms with Crippen molar-refractivity contribution in [2.75, 3.05) is 7.11 Å². The summed E-state index contributed by atoms with van der Waals surface area (Å²) in [5.74, 6) is 2.69. The first-order chi connectivity index (χ1) is 14.5. The molecule has 0 fully saturated rings. The van der Waals surface area contributed by atoms with Gasteiger partial charge in [0.15, 0.2) is 0 Å². The topological polar surface area (TPSA) is 55.8 Å². The van der Waals surface area contributed by atoms with Gasteiger partial charge in [-0.3, -0.25) is 4.79 Å². The van der Waals surface area contributed by atoms with Gasteiger partial charge in [0, 0.05) is 11.1 Å². The molecule has 0 saturated carbocycles. The van der Waals surface area contributed by atoms with Gasteiger partial charge in [-0.25, -0.2) is 0 Å². The van der Waals surface area contributed by atoms with Crippen molar-refractivity contribution < 1.29 is 19.4 Å². The molecule has 0 spiro atoms. The Bertz CT molecular complexity index is 1130. The molecule has 0 aromatic heterocycles. The Morgan fingerprint density at radius 1 is 1.00 bits per heavy atom. The molecule has 1 N–H and O–H groups in total. The van der Waals surface area contributed by atoms with Gasteiger partial charge < -0.3 is 14.6 Å². The van der Waals surface area contributed by atoms with Crippen molar-refractivity contribution in [3.63, 3.8) is 0 Å². The summed E-state index contributed by atoms with van der Waals surface area (Å²) in [7, 11) is 1.59. The molecule has 0 unspecified atom stereocenters. The molecule has 0 radical (unpaired) electrons. The summed E-state index contributed by atoms with van der Waals surface area (Å²) in [6.45, 7) is 0.222. The fraction of sp³-hybridized carbons (Fsp3) is 0.125. The standard InChI is InChI=1S/C24H18Cl2O4/c1-29-23-8-6-19(18-4-2-3-17(11-18)13-24(27)28)14-20(23)15-30-10-9-16-5-7-21(25)22(26)12-16/h2-8,11-12,14H,13,15H2,1H3,(H,27,28). The molecular formula is C24H18Cl2O4. The molecule has 6 heteroatoms. The minimum atomic E-state index is -0.864. The Morgan fingerprint density at radius 2 is 1.80 bits per heavy atom. The first-order valence-electron chi connectivity index (χ1n) is 9.02. The van der Waals surface area contributed by atoms with Gasteiger partial charge in [-0.1, -0.05) is 53.5 Å². The highest BCUT2D eigenvalue weighted by molar-refractivity contribution is 6.42. The molecule has 4 nitrogen and oxygen atoms in total. The zero-order chi connectivity index (χ0) is 21.5. The van der Waals surface area contributed by atoms with Crippen LogP contribution in [0.3, 0.4) is 0 Å². The quantitative estimate of drug-likeness (QED) is 0.490. The summed E-state index contributed by atoms with van der Waals surface area (Å²) in [5.41, 5.74) is 4.10. The molecule has 3 aromatic carbocycles. The molecule has 0 bridgehead atoms. The van der Waals surface area contributed by atoms with Gasteiger partial charge in [0.05, 0.1) is 23.6 Å². The fourth-order valence-electron chi connectivity index (χ4n) is 2.89. The van der Waals surface area contributed by atoms with E-state index in [1.54, 1.807) is 31.4 Å². The fourth-order valence-corrected chi connectivity index (χ4v) is 3.19. The third-order valence-corrected chi connectivity index (χ3v) is 5.05. The lowest BCUT2D eigenvalue weighted by Crippen LogP contribution is -2.00. The van der Waals surface area contributed by atoms with Crippen LogP contribution in [-0.4, -0.2) is 18.2 Å². The van der Waals surface area contributed by atoms with Crippen LogP contribution in [0.25, 0.3) is 11.1 Å². The smallest absolute Gasteiger partial charge is 0.307 e. The molecule has 3 aromatic rings. The lowest BCUT2D eigenvalue weighted by Gasteiger charge is -2.11. The maximum atomic E-state index is 11.0. The molecule has 0 heterocycles. The normalized spacial score (nSPS) is 10.1. The van der Waals surface area contributed by atoms with E-state index in [1.807, 2.05) is 36.4 Å². The van der Waals surface area contributed by atoms with Crippen molar-refractivity contribution >= 4 is 29.2 Å². The van der Waals surface area contributed by atoms with E-state index in [0.717, 1.165) is 22.3 Å². The van der Waals surface area contributed by atoms with Crippen molar-refractivity contribution in [2.45, 2.75) is 13.0 Å². The number of benzene rings is 3. The van der Waals surface area contributed by atoms with Gasteiger partial charge in [0.25, 0.3) is 0 Å². The van der Waals surface area contributed by atoms with Crippen LogP contribution in [0.15, 0.2) is 60.7 Å². The zero-order valence-electron chi connectivity index (χ0n) is 16.1. The summed E-state index contributed by atoms with van der Waals surface area (Å²) < 4.78 is 10.9. The van der Waals surface area contributed by atoms with Crippen LogP contribution in [0.5, 0.6) is 5.75 Å². The van der Waals surface area contributed by atoms with Crippen molar-refractivity contribution in [3.05, 3.63) is 87.4 Å². The molecule has 0 aliphatic rings. The zero-order valence-corrected chi connectivity index (χ0v) is 17.6. The highest BCUT2D eigenvalue weighted by atomic mass is 35.5. The highest BCUT2D eigenvalue weighted by Crippen LogP contribution is 2.28. The van der Waals surface area contributed by atoms with Crippen LogP contribution < -0.4 is 4.74 Å². The van der Waals surface area contributed by atoms with E-state index >= 15 is 0 Å². The number of ether oxygens (including phenoxy) is 2. The number of hydrogen-bond acceptors (Lipinski definition) is 3. The van der Waals surface area contributed by atoms with Crippen LogP contribution in [-0.2, 0) is 22.6 Å². The molecule has 30 heavy (non-hydrogen) atoms. The Kier molecular flexibility index (Phi) is 7.24. The average molecular weight is 441 g/mol. The largest absolute Gasteiger partial charge is 0.496 e. The van der Waals surface area contributed by atoms with Crippen LogP contribution in [0, 0.1) is 12.0 Å². The van der Waals surface area contributed by atoms with Gasteiger partial charge in [-0.2, -0.15) is 0 Å². The number of carboxylic acid groups (broad SMARTS) is 1. The predicted octanol–water partition coefficient (Wildman–Crippen LogP) is 5.82. The van der Waals surface area contributed by atoms with Crippen LogP contribution in [0.1, 0.15) is 16.7 Å². The second kappa shape index (κ2) is 10.1. The minimum Gasteiger partial charge on any atom is -0.496 e. The second-order valence-electron chi connectivity index (χ2n) is 6.44. The molecule has 0 aliphatic carbocycles. The van der Waals surface area contributed by atoms with Gasteiger partial charge >= 0.3 is 5.97 Å². The summed E-state index contributed by atoms with van der Waals surface area (Å²) in [6.07, 6.45) is 2.64. The van der Waals surface area contributed by atoms with Crippen molar-refractivity contribution in [1.82, 2.24) is 0 Å². The van der Waals surface area contributed by atoms with Gasteiger partial charge in [0.1, 0.15) is 18.5 Å².